The van der Waals surface area contributed by atoms with Crippen LogP contribution in [-0.2, 0) is 14.8 Å². The van der Waals surface area contributed by atoms with E-state index in [0.29, 0.717) is 29.5 Å². The molecule has 2 aromatic heterocycles. The molecule has 0 bridgehead atoms. The number of thiazole rings is 1. The highest BCUT2D eigenvalue weighted by Gasteiger charge is 2.33. The Hall–Kier alpha value is -2.33. The van der Waals surface area contributed by atoms with Crippen molar-refractivity contribution in [2.24, 2.45) is 5.92 Å². The van der Waals surface area contributed by atoms with E-state index in [9.17, 15) is 13.2 Å². The summed E-state index contributed by atoms with van der Waals surface area (Å²) in [6, 6.07) is 9.78. The highest BCUT2D eigenvalue weighted by Crippen LogP contribution is 2.28. The number of nitrogens with one attached hydrogen (secondary N) is 1. The molecule has 1 atom stereocenters. The highest BCUT2D eigenvalue weighted by molar-refractivity contribution is 7.89. The highest BCUT2D eigenvalue weighted by atomic mass is 35.5. The van der Waals surface area contributed by atoms with Crippen LogP contribution >= 0.6 is 22.9 Å². The van der Waals surface area contributed by atoms with Crippen LogP contribution in [-0.4, -0.2) is 41.7 Å². The first-order chi connectivity index (χ1) is 14.4. The topological polar surface area (TPSA) is 92.3 Å². The van der Waals surface area contributed by atoms with Crippen LogP contribution in [0.25, 0.3) is 11.3 Å². The van der Waals surface area contributed by atoms with Crippen molar-refractivity contribution in [3.05, 3.63) is 59.2 Å². The van der Waals surface area contributed by atoms with Crippen molar-refractivity contribution in [1.82, 2.24) is 14.3 Å². The molecule has 1 amide bonds. The van der Waals surface area contributed by atoms with Gasteiger partial charge in [-0.25, -0.2) is 13.4 Å². The molecule has 7 nitrogen and oxygen atoms in total. The number of amides is 1. The summed E-state index contributed by atoms with van der Waals surface area (Å²) in [5.74, 6) is -0.662. The zero-order valence-corrected chi connectivity index (χ0v) is 18.3. The summed E-state index contributed by atoms with van der Waals surface area (Å²) < 4.78 is 27.2. The Morgan fingerprint density at radius 3 is 2.77 bits per heavy atom. The van der Waals surface area contributed by atoms with Crippen LogP contribution in [0.15, 0.2) is 59.1 Å². The Labute approximate surface area is 183 Å². The second-order valence-electron chi connectivity index (χ2n) is 6.92. The quantitative estimate of drug-likeness (QED) is 0.620. The molecule has 0 saturated carbocycles. The molecule has 3 heterocycles. The van der Waals surface area contributed by atoms with E-state index in [-0.39, 0.29) is 17.3 Å². The summed E-state index contributed by atoms with van der Waals surface area (Å²) in [5, 5.41) is 5.64. The van der Waals surface area contributed by atoms with Crippen LogP contribution in [0.5, 0.6) is 0 Å². The third-order valence-corrected chi connectivity index (χ3v) is 7.79. The van der Waals surface area contributed by atoms with Crippen molar-refractivity contribution in [2.75, 3.05) is 18.4 Å². The normalized spacial score (nSPS) is 17.6. The number of hydrogen-bond acceptors (Lipinski definition) is 6. The van der Waals surface area contributed by atoms with E-state index in [0.717, 1.165) is 11.3 Å². The van der Waals surface area contributed by atoms with Crippen LogP contribution in [0, 0.1) is 5.92 Å². The first kappa shape index (κ1) is 20.9. The lowest BCUT2D eigenvalue weighted by atomic mass is 9.99. The number of halogens is 1. The molecule has 1 fully saturated rings. The zero-order valence-electron chi connectivity index (χ0n) is 15.9. The average Bonchev–Trinajstić information content (AvgIpc) is 3.23. The minimum absolute atomic E-state index is 0.137. The van der Waals surface area contributed by atoms with Crippen LogP contribution in [0.1, 0.15) is 12.8 Å². The second kappa shape index (κ2) is 8.81. The van der Waals surface area contributed by atoms with Crippen molar-refractivity contribution in [2.45, 2.75) is 17.7 Å². The number of nitrogens with zero attached hydrogens (tertiary/aromatic N) is 3. The Kier molecular flexibility index (Phi) is 6.14. The molecular formula is C20H19ClN4O3S2. The van der Waals surface area contributed by atoms with Crippen molar-refractivity contribution in [3.8, 4) is 11.3 Å². The minimum atomic E-state index is -3.68. The van der Waals surface area contributed by atoms with Gasteiger partial charge in [0.15, 0.2) is 5.13 Å². The number of carbonyl (C=O) groups is 1. The summed E-state index contributed by atoms with van der Waals surface area (Å²) in [6.07, 6.45) is 4.63. The van der Waals surface area contributed by atoms with Crippen molar-refractivity contribution in [3.63, 3.8) is 0 Å². The second-order valence-corrected chi connectivity index (χ2v) is 10.2. The van der Waals surface area contributed by atoms with Crippen LogP contribution in [0.2, 0.25) is 5.02 Å². The number of pyridine rings is 1. The number of benzene rings is 1. The maximum absolute atomic E-state index is 12.9. The van der Waals surface area contributed by atoms with E-state index in [4.69, 9.17) is 11.6 Å². The number of piperidine rings is 1. The lowest BCUT2D eigenvalue weighted by Crippen LogP contribution is -2.43. The van der Waals surface area contributed by atoms with Gasteiger partial charge in [-0.05, 0) is 49.2 Å². The molecule has 1 aliphatic heterocycles. The number of hydrogen-bond donors (Lipinski definition) is 1. The van der Waals surface area contributed by atoms with Crippen molar-refractivity contribution >= 4 is 44.0 Å². The molecule has 1 aromatic carbocycles. The molecule has 1 aliphatic rings. The maximum atomic E-state index is 12.9. The summed E-state index contributed by atoms with van der Waals surface area (Å²) >= 11 is 7.19. The zero-order chi connectivity index (χ0) is 21.1. The summed E-state index contributed by atoms with van der Waals surface area (Å²) in [5.41, 5.74) is 1.60. The third kappa shape index (κ3) is 4.54. The molecule has 1 unspecified atom stereocenters. The Balaban J connectivity index is 1.44. The van der Waals surface area contributed by atoms with Crippen LogP contribution in [0.4, 0.5) is 5.13 Å². The molecule has 0 radical (unpaired) electrons. The monoisotopic (exact) mass is 462 g/mol. The lowest BCUT2D eigenvalue weighted by Gasteiger charge is -2.31. The van der Waals surface area contributed by atoms with Gasteiger partial charge in [-0.1, -0.05) is 11.6 Å². The summed E-state index contributed by atoms with van der Waals surface area (Å²) in [7, 11) is -3.68. The van der Waals surface area contributed by atoms with E-state index in [2.05, 4.69) is 15.3 Å². The predicted molar refractivity (Wildman–Crippen MR) is 117 cm³/mol. The number of sulfonamides is 1. The van der Waals surface area contributed by atoms with Crippen molar-refractivity contribution in [1.29, 1.82) is 0 Å². The van der Waals surface area contributed by atoms with Gasteiger partial charge < -0.3 is 5.32 Å². The third-order valence-electron chi connectivity index (χ3n) is 4.90. The number of rotatable bonds is 5. The Bertz CT molecular complexity index is 1130. The van der Waals surface area contributed by atoms with E-state index in [1.165, 1.54) is 27.8 Å². The standard InChI is InChI=1S/C20H19ClN4O3S2/c21-16-5-7-17(8-6-16)30(27,28)25-10-2-4-15(12-25)19(26)24-20-23-18(13-29-20)14-3-1-9-22-11-14/h1,3,5-9,11,13,15H,2,4,10,12H2,(H,23,24,26). The molecular weight excluding hydrogens is 444 g/mol. The molecule has 1 saturated heterocycles. The van der Waals surface area contributed by atoms with E-state index in [1.54, 1.807) is 24.5 Å². The number of aromatic nitrogens is 2. The SMILES string of the molecule is O=C(Nc1nc(-c2cccnc2)cs1)C1CCCN(S(=O)(=O)c2ccc(Cl)cc2)C1. The number of carbonyl (C=O) groups excluding carboxylic acids is 1. The first-order valence-electron chi connectivity index (χ1n) is 9.36. The van der Waals surface area contributed by atoms with Gasteiger partial charge in [0.25, 0.3) is 0 Å². The van der Waals surface area contributed by atoms with Gasteiger partial charge in [0, 0.05) is 41.4 Å². The molecule has 30 heavy (non-hydrogen) atoms. The predicted octanol–water partition coefficient (Wildman–Crippen LogP) is 3.90. The Morgan fingerprint density at radius 1 is 1.23 bits per heavy atom. The number of anilines is 1. The van der Waals surface area contributed by atoms with Gasteiger partial charge in [0.05, 0.1) is 16.5 Å². The fraction of sp³-hybridized carbons (Fsp3) is 0.250. The van der Waals surface area contributed by atoms with Crippen LogP contribution < -0.4 is 5.32 Å². The van der Waals surface area contributed by atoms with Gasteiger partial charge in [0.2, 0.25) is 15.9 Å². The van der Waals surface area contributed by atoms with E-state index >= 15 is 0 Å². The van der Waals surface area contributed by atoms with E-state index in [1.807, 2.05) is 17.5 Å². The molecule has 3 aromatic rings. The van der Waals surface area contributed by atoms with Crippen molar-refractivity contribution < 1.29 is 13.2 Å². The lowest BCUT2D eigenvalue weighted by molar-refractivity contribution is -0.120. The maximum Gasteiger partial charge on any atom is 0.243 e. The summed E-state index contributed by atoms with van der Waals surface area (Å²) in [6.45, 7) is 0.523. The van der Waals surface area contributed by atoms with Gasteiger partial charge in [-0.3, -0.25) is 9.78 Å². The Morgan fingerprint density at radius 2 is 2.03 bits per heavy atom. The summed E-state index contributed by atoms with van der Waals surface area (Å²) in [4.78, 5) is 21.5. The molecule has 1 N–H and O–H groups in total. The largest absolute Gasteiger partial charge is 0.302 e. The first-order valence-corrected chi connectivity index (χ1v) is 12.1. The van der Waals surface area contributed by atoms with Gasteiger partial charge >= 0.3 is 0 Å². The van der Waals surface area contributed by atoms with Crippen LogP contribution in [0.3, 0.4) is 0 Å². The molecule has 0 spiro atoms. The molecule has 4 rings (SSSR count). The minimum Gasteiger partial charge on any atom is -0.302 e. The van der Waals surface area contributed by atoms with Gasteiger partial charge in [0.1, 0.15) is 0 Å². The molecule has 10 heteroatoms. The molecule has 0 aliphatic carbocycles. The smallest absolute Gasteiger partial charge is 0.243 e. The van der Waals surface area contributed by atoms with Gasteiger partial charge in [-0.2, -0.15) is 4.31 Å². The fourth-order valence-electron chi connectivity index (χ4n) is 3.32. The van der Waals surface area contributed by atoms with Gasteiger partial charge in [-0.15, -0.1) is 11.3 Å². The average molecular weight is 463 g/mol. The van der Waals surface area contributed by atoms with E-state index < -0.39 is 15.9 Å². The molecule has 156 valence electrons. The fourth-order valence-corrected chi connectivity index (χ4v) is 5.69.